The first-order valence-electron chi connectivity index (χ1n) is 10.9. The van der Waals surface area contributed by atoms with Crippen LogP contribution in [0.25, 0.3) is 10.8 Å². The van der Waals surface area contributed by atoms with E-state index in [0.29, 0.717) is 26.9 Å². The van der Waals surface area contributed by atoms with Crippen molar-refractivity contribution in [1.82, 2.24) is 19.6 Å². The molecule has 0 bridgehead atoms. The van der Waals surface area contributed by atoms with Gasteiger partial charge in [-0.15, -0.1) is 0 Å². The fourth-order valence-electron chi connectivity index (χ4n) is 4.03. The Morgan fingerprint density at radius 2 is 2.14 bits per heavy atom. The number of hydrogen-bond acceptors (Lipinski definition) is 10. The third-order valence-corrected chi connectivity index (χ3v) is 9.33. The summed E-state index contributed by atoms with van der Waals surface area (Å²) in [6.45, 7) is 0.166. The van der Waals surface area contributed by atoms with Crippen molar-refractivity contribution in [3.8, 4) is 0 Å². The average molecular weight is 553 g/mol. The van der Waals surface area contributed by atoms with Gasteiger partial charge in [-0.05, 0) is 35.6 Å². The number of pyridine rings is 1. The van der Waals surface area contributed by atoms with E-state index in [1.54, 1.807) is 43.4 Å². The number of anilines is 2. The summed E-state index contributed by atoms with van der Waals surface area (Å²) in [5, 5.41) is 2.34. The molecule has 1 aliphatic heterocycles. The van der Waals surface area contributed by atoms with Gasteiger partial charge >= 0.3 is 5.97 Å². The van der Waals surface area contributed by atoms with Gasteiger partial charge in [0.15, 0.2) is 9.34 Å². The van der Waals surface area contributed by atoms with Gasteiger partial charge in [0, 0.05) is 43.7 Å². The van der Waals surface area contributed by atoms with Crippen molar-refractivity contribution in [2.45, 2.75) is 29.1 Å². The van der Waals surface area contributed by atoms with Crippen LogP contribution in [0.3, 0.4) is 0 Å². The molecule has 0 radical (unpaired) electrons. The Hall–Kier alpha value is -3.00. The zero-order valence-electron chi connectivity index (χ0n) is 19.8. The standard InChI is InChI=1S/C22H25ClN6O5S2/c1-28(2)22-26-11-18(35-22)36(32,33)27-16-5-7-29(20(16)30)17(21(31)34-3)9-13-8-12-4-6-25-19(24)14(12)10-15(13)23/h4,6,8,10-11,16-17,27H,5,7,9H2,1-3H3,(H2,24,25). The second-order valence-electron chi connectivity index (χ2n) is 8.45. The molecule has 1 aromatic carbocycles. The van der Waals surface area contributed by atoms with Crippen LogP contribution >= 0.6 is 22.9 Å². The molecule has 1 fully saturated rings. The number of ether oxygens (including phenoxy) is 1. The Morgan fingerprint density at radius 3 is 2.81 bits per heavy atom. The van der Waals surface area contributed by atoms with Crippen LogP contribution in [0.1, 0.15) is 12.0 Å². The van der Waals surface area contributed by atoms with Crippen molar-refractivity contribution in [1.29, 1.82) is 0 Å². The molecule has 1 saturated heterocycles. The van der Waals surface area contributed by atoms with Gasteiger partial charge in [-0.2, -0.15) is 4.72 Å². The monoisotopic (exact) mass is 552 g/mol. The van der Waals surface area contributed by atoms with E-state index in [9.17, 15) is 18.0 Å². The van der Waals surface area contributed by atoms with E-state index in [1.807, 2.05) is 0 Å². The number of aromatic nitrogens is 2. The third kappa shape index (κ3) is 5.09. The largest absolute Gasteiger partial charge is 0.467 e. The van der Waals surface area contributed by atoms with Crippen molar-refractivity contribution in [3.05, 3.63) is 41.2 Å². The number of rotatable bonds is 8. The van der Waals surface area contributed by atoms with Gasteiger partial charge in [-0.3, -0.25) is 4.79 Å². The fraction of sp³-hybridized carbons (Fsp3) is 0.364. The summed E-state index contributed by atoms with van der Waals surface area (Å²) >= 11 is 7.47. The number of benzene rings is 1. The van der Waals surface area contributed by atoms with Crippen LogP contribution in [0.2, 0.25) is 5.02 Å². The maximum atomic E-state index is 13.2. The van der Waals surface area contributed by atoms with E-state index >= 15 is 0 Å². The van der Waals surface area contributed by atoms with Crippen molar-refractivity contribution in [2.24, 2.45) is 0 Å². The number of carbonyl (C=O) groups excluding carboxylic acids is 2. The number of halogens is 1. The second kappa shape index (κ2) is 10.2. The molecule has 0 aliphatic carbocycles. The predicted molar refractivity (Wildman–Crippen MR) is 138 cm³/mol. The van der Waals surface area contributed by atoms with Gasteiger partial charge in [0.25, 0.3) is 10.0 Å². The lowest BCUT2D eigenvalue weighted by molar-refractivity contribution is -0.151. The predicted octanol–water partition coefficient (Wildman–Crippen LogP) is 1.66. The van der Waals surface area contributed by atoms with E-state index in [1.165, 1.54) is 18.2 Å². The molecule has 4 rings (SSSR count). The number of nitrogens with zero attached hydrogens (tertiary/aromatic N) is 4. The number of amides is 1. The molecule has 11 nitrogen and oxygen atoms in total. The quantitative estimate of drug-likeness (QED) is 0.398. The minimum absolute atomic E-state index is 0.00123. The molecule has 1 aliphatic rings. The maximum absolute atomic E-state index is 13.2. The van der Waals surface area contributed by atoms with E-state index in [2.05, 4.69) is 14.7 Å². The number of esters is 1. The number of nitrogen functional groups attached to an aromatic ring is 1. The molecule has 2 atom stereocenters. The van der Waals surface area contributed by atoms with Gasteiger partial charge in [0.1, 0.15) is 17.9 Å². The number of carbonyl (C=O) groups is 2. The van der Waals surface area contributed by atoms with Crippen molar-refractivity contribution >= 4 is 66.6 Å². The van der Waals surface area contributed by atoms with Crippen molar-refractivity contribution < 1.29 is 22.7 Å². The number of fused-ring (bicyclic) bond motifs is 1. The number of nitrogens with two attached hydrogens (primary N) is 1. The third-order valence-electron chi connectivity index (χ3n) is 5.88. The molecule has 1 amide bonds. The molecule has 3 aromatic rings. The zero-order chi connectivity index (χ0) is 26.2. The summed E-state index contributed by atoms with van der Waals surface area (Å²) in [5.41, 5.74) is 6.54. The van der Waals surface area contributed by atoms with Crippen LogP contribution in [0.5, 0.6) is 0 Å². The van der Waals surface area contributed by atoms with Crippen molar-refractivity contribution in [2.75, 3.05) is 38.4 Å². The first-order chi connectivity index (χ1) is 17.0. The number of methoxy groups -OCH3 is 1. The van der Waals surface area contributed by atoms with Gasteiger partial charge in [-0.25, -0.2) is 23.2 Å². The molecular formula is C22H25ClN6O5S2. The summed E-state index contributed by atoms with van der Waals surface area (Å²) in [5.74, 6) is -0.819. The zero-order valence-corrected chi connectivity index (χ0v) is 22.2. The number of nitrogens with one attached hydrogen (secondary N) is 1. The van der Waals surface area contributed by atoms with Crippen LogP contribution in [0.4, 0.5) is 10.9 Å². The number of hydrogen-bond donors (Lipinski definition) is 2. The van der Waals surface area contributed by atoms with E-state index in [0.717, 1.165) is 16.7 Å². The molecule has 2 unspecified atom stereocenters. The van der Waals surface area contributed by atoms with Crippen LogP contribution in [-0.4, -0.2) is 75.0 Å². The Kier molecular flexibility index (Phi) is 7.36. The van der Waals surface area contributed by atoms with Gasteiger partial charge in [0.2, 0.25) is 5.91 Å². The van der Waals surface area contributed by atoms with E-state index in [4.69, 9.17) is 22.1 Å². The van der Waals surface area contributed by atoms with E-state index < -0.39 is 34.0 Å². The number of thiazole rings is 1. The minimum Gasteiger partial charge on any atom is -0.467 e. The van der Waals surface area contributed by atoms with Crippen molar-refractivity contribution in [3.63, 3.8) is 0 Å². The summed E-state index contributed by atoms with van der Waals surface area (Å²) in [4.78, 5) is 37.1. The Morgan fingerprint density at radius 1 is 1.39 bits per heavy atom. The molecule has 36 heavy (non-hydrogen) atoms. The average Bonchev–Trinajstić information content (AvgIpc) is 3.46. The highest BCUT2D eigenvalue weighted by atomic mass is 35.5. The first-order valence-corrected chi connectivity index (χ1v) is 13.6. The summed E-state index contributed by atoms with van der Waals surface area (Å²) in [6, 6.07) is 3.22. The lowest BCUT2D eigenvalue weighted by atomic mass is 10.0. The fourth-order valence-corrected chi connectivity index (χ4v) is 6.56. The number of likely N-dealkylation sites (tertiary alicyclic amines) is 1. The molecule has 3 N–H and O–H groups in total. The molecule has 192 valence electrons. The van der Waals surface area contributed by atoms with Gasteiger partial charge in [0.05, 0.1) is 13.3 Å². The molecule has 0 spiro atoms. The highest BCUT2D eigenvalue weighted by Gasteiger charge is 2.41. The lowest BCUT2D eigenvalue weighted by Gasteiger charge is -2.26. The number of sulfonamides is 1. The first kappa shape index (κ1) is 26.1. The summed E-state index contributed by atoms with van der Waals surface area (Å²) < 4.78 is 33.2. The lowest BCUT2D eigenvalue weighted by Crippen LogP contribution is -2.48. The SMILES string of the molecule is COC(=O)C(Cc1cc2ccnc(N)c2cc1Cl)N1CCC(NS(=O)(=O)c2cnc(N(C)C)s2)C1=O. The van der Waals surface area contributed by atoms with E-state index in [-0.39, 0.29) is 23.6 Å². The van der Waals surface area contributed by atoms with Crippen LogP contribution in [0.15, 0.2) is 34.8 Å². The maximum Gasteiger partial charge on any atom is 0.328 e. The minimum atomic E-state index is -3.98. The normalized spacial score (nSPS) is 16.9. The Labute approximate surface area is 217 Å². The Balaban J connectivity index is 1.56. The highest BCUT2D eigenvalue weighted by molar-refractivity contribution is 7.91. The van der Waals surface area contributed by atoms with Crippen LogP contribution in [-0.2, 0) is 30.8 Å². The molecular weight excluding hydrogens is 528 g/mol. The molecule has 2 aromatic heterocycles. The molecule has 3 heterocycles. The Bertz CT molecular complexity index is 1430. The second-order valence-corrected chi connectivity index (χ2v) is 11.8. The molecule has 0 saturated carbocycles. The summed E-state index contributed by atoms with van der Waals surface area (Å²) in [7, 11) is 0.754. The molecule has 14 heteroatoms. The van der Waals surface area contributed by atoms with Gasteiger partial charge < -0.3 is 20.3 Å². The smallest absolute Gasteiger partial charge is 0.328 e. The van der Waals surface area contributed by atoms with Crippen LogP contribution < -0.4 is 15.4 Å². The topological polar surface area (TPSA) is 148 Å². The summed E-state index contributed by atoms with van der Waals surface area (Å²) in [6.07, 6.45) is 3.09. The highest BCUT2D eigenvalue weighted by Crippen LogP contribution is 2.30. The van der Waals surface area contributed by atoms with Gasteiger partial charge in [-0.1, -0.05) is 22.9 Å². The van der Waals surface area contributed by atoms with Crippen LogP contribution in [0, 0.1) is 0 Å².